The summed E-state index contributed by atoms with van der Waals surface area (Å²) in [5.74, 6) is -0.132. The fourth-order valence-corrected chi connectivity index (χ4v) is 2.70. The lowest BCUT2D eigenvalue weighted by Gasteiger charge is -2.21. The summed E-state index contributed by atoms with van der Waals surface area (Å²) in [6, 6.07) is 10.1. The Kier molecular flexibility index (Phi) is 6.26. The Hall–Kier alpha value is -1.50. The molecule has 1 heterocycles. The Morgan fingerprint density at radius 2 is 1.95 bits per heavy atom. The Morgan fingerprint density at radius 1 is 1.29 bits per heavy atom. The van der Waals surface area contributed by atoms with Crippen molar-refractivity contribution < 1.29 is 4.79 Å². The number of nitrogens with zero attached hydrogens (tertiary/aromatic N) is 2. The van der Waals surface area contributed by atoms with E-state index in [1.54, 1.807) is 0 Å². The Bertz CT molecular complexity index is 586. The summed E-state index contributed by atoms with van der Waals surface area (Å²) < 4.78 is 0. The van der Waals surface area contributed by atoms with E-state index in [-0.39, 0.29) is 30.2 Å². The quantitative estimate of drug-likeness (QED) is 0.884. The summed E-state index contributed by atoms with van der Waals surface area (Å²) >= 11 is 1.39. The molecule has 1 aromatic heterocycles. The molecule has 0 aliphatic carbocycles. The third kappa shape index (κ3) is 4.23. The molecule has 0 aliphatic heterocycles. The first-order chi connectivity index (χ1) is 9.54. The van der Waals surface area contributed by atoms with E-state index in [0.29, 0.717) is 11.7 Å². The van der Waals surface area contributed by atoms with E-state index in [1.165, 1.54) is 11.3 Å². The number of rotatable bonds is 5. The number of hydrogen-bond acceptors (Lipinski definition) is 5. The molecule has 1 amide bonds. The highest BCUT2D eigenvalue weighted by Gasteiger charge is 2.27. The molecule has 0 unspecified atom stereocenters. The van der Waals surface area contributed by atoms with Crippen LogP contribution in [0.2, 0.25) is 0 Å². The molecular formula is C14H19ClN4OS. The van der Waals surface area contributed by atoms with Crippen molar-refractivity contribution in [3.8, 4) is 0 Å². The van der Waals surface area contributed by atoms with Crippen LogP contribution in [0.3, 0.4) is 0 Å². The Balaban J connectivity index is 0.00000220. The van der Waals surface area contributed by atoms with Crippen LogP contribution >= 0.6 is 23.7 Å². The maximum atomic E-state index is 11.5. The highest BCUT2D eigenvalue weighted by atomic mass is 35.5. The van der Waals surface area contributed by atoms with Crippen LogP contribution in [-0.2, 0) is 10.2 Å². The van der Waals surface area contributed by atoms with Gasteiger partial charge in [0, 0.05) is 18.4 Å². The van der Waals surface area contributed by atoms with E-state index in [9.17, 15) is 4.79 Å². The van der Waals surface area contributed by atoms with Crippen LogP contribution in [0.15, 0.2) is 30.3 Å². The van der Waals surface area contributed by atoms with Gasteiger partial charge in [-0.15, -0.1) is 22.6 Å². The van der Waals surface area contributed by atoms with Gasteiger partial charge in [-0.3, -0.25) is 4.79 Å². The number of nitrogens with two attached hydrogens (primary N) is 1. The number of carbonyl (C=O) groups is 1. The zero-order chi connectivity index (χ0) is 14.6. The van der Waals surface area contributed by atoms with E-state index in [4.69, 9.17) is 5.73 Å². The topological polar surface area (TPSA) is 80.9 Å². The number of benzene rings is 1. The summed E-state index contributed by atoms with van der Waals surface area (Å²) in [5.41, 5.74) is 6.26. The minimum atomic E-state index is -0.240. The zero-order valence-corrected chi connectivity index (χ0v) is 13.6. The lowest BCUT2D eigenvalue weighted by molar-refractivity contribution is -0.116. The van der Waals surface area contributed by atoms with Gasteiger partial charge in [-0.2, -0.15) is 0 Å². The highest BCUT2D eigenvalue weighted by Crippen LogP contribution is 2.34. The lowest BCUT2D eigenvalue weighted by Crippen LogP contribution is -2.18. The van der Waals surface area contributed by atoms with Crippen molar-refractivity contribution in [3.63, 3.8) is 0 Å². The van der Waals surface area contributed by atoms with Gasteiger partial charge in [-0.05, 0) is 19.4 Å². The van der Waals surface area contributed by atoms with E-state index < -0.39 is 0 Å². The first-order valence-corrected chi connectivity index (χ1v) is 7.25. The fraction of sp³-hybridized carbons (Fsp3) is 0.357. The van der Waals surface area contributed by atoms with E-state index in [1.807, 2.05) is 18.2 Å². The van der Waals surface area contributed by atoms with Crippen LogP contribution in [0, 0.1) is 0 Å². The number of aromatic nitrogens is 2. The third-order valence-corrected chi connectivity index (χ3v) is 4.24. The van der Waals surface area contributed by atoms with Crippen LogP contribution in [0.1, 0.15) is 30.8 Å². The second-order valence-electron chi connectivity index (χ2n) is 4.99. The maximum absolute atomic E-state index is 11.5. The molecule has 0 fully saturated rings. The fourth-order valence-electron chi connectivity index (χ4n) is 1.82. The Labute approximate surface area is 134 Å². The number of halogens is 1. The number of anilines is 1. The van der Waals surface area contributed by atoms with E-state index in [0.717, 1.165) is 10.6 Å². The summed E-state index contributed by atoms with van der Waals surface area (Å²) in [6.45, 7) is 4.51. The van der Waals surface area contributed by atoms with Crippen LogP contribution in [0.4, 0.5) is 5.13 Å². The van der Waals surface area contributed by atoms with Gasteiger partial charge in [0.25, 0.3) is 0 Å². The van der Waals surface area contributed by atoms with E-state index in [2.05, 4.69) is 41.5 Å². The van der Waals surface area contributed by atoms with Crippen LogP contribution in [0.5, 0.6) is 0 Å². The highest BCUT2D eigenvalue weighted by molar-refractivity contribution is 7.15. The second kappa shape index (κ2) is 7.49. The van der Waals surface area contributed by atoms with Crippen molar-refractivity contribution in [1.29, 1.82) is 0 Å². The van der Waals surface area contributed by atoms with Crippen molar-refractivity contribution in [2.45, 2.75) is 25.7 Å². The van der Waals surface area contributed by atoms with Gasteiger partial charge in [-0.25, -0.2) is 0 Å². The molecule has 0 saturated carbocycles. The van der Waals surface area contributed by atoms with Gasteiger partial charge < -0.3 is 11.1 Å². The van der Waals surface area contributed by atoms with Gasteiger partial charge in [0.15, 0.2) is 0 Å². The monoisotopic (exact) mass is 326 g/mol. The summed E-state index contributed by atoms with van der Waals surface area (Å²) in [4.78, 5) is 11.5. The molecule has 0 radical (unpaired) electrons. The van der Waals surface area contributed by atoms with Crippen LogP contribution in [0.25, 0.3) is 0 Å². The van der Waals surface area contributed by atoms with Crippen molar-refractivity contribution >= 4 is 34.8 Å². The van der Waals surface area contributed by atoms with Gasteiger partial charge in [-0.1, -0.05) is 41.7 Å². The van der Waals surface area contributed by atoms with Crippen LogP contribution < -0.4 is 11.1 Å². The number of amides is 1. The summed E-state index contributed by atoms with van der Waals surface area (Å²) in [5, 5.41) is 12.3. The average Bonchev–Trinajstić information content (AvgIpc) is 2.89. The first kappa shape index (κ1) is 17.6. The molecule has 21 heavy (non-hydrogen) atoms. The zero-order valence-electron chi connectivity index (χ0n) is 12.0. The van der Waals surface area contributed by atoms with Crippen molar-refractivity contribution in [1.82, 2.24) is 10.2 Å². The molecule has 0 aliphatic rings. The van der Waals surface area contributed by atoms with Gasteiger partial charge in [0.05, 0.1) is 0 Å². The molecule has 0 spiro atoms. The average molecular weight is 327 g/mol. The van der Waals surface area contributed by atoms with Gasteiger partial charge in [0.2, 0.25) is 11.0 Å². The van der Waals surface area contributed by atoms with Crippen molar-refractivity contribution in [2.24, 2.45) is 5.73 Å². The molecule has 114 valence electrons. The minimum Gasteiger partial charge on any atom is -0.330 e. The molecule has 5 nitrogen and oxygen atoms in total. The van der Waals surface area contributed by atoms with Gasteiger partial charge >= 0.3 is 0 Å². The molecule has 3 N–H and O–H groups in total. The molecule has 2 rings (SSSR count). The number of carbonyl (C=O) groups excluding carboxylic acids is 1. The molecule has 1 aromatic carbocycles. The van der Waals surface area contributed by atoms with Crippen molar-refractivity contribution in [3.05, 3.63) is 40.9 Å². The minimum absolute atomic E-state index is 0. The number of hydrogen-bond donors (Lipinski definition) is 2. The van der Waals surface area contributed by atoms with E-state index >= 15 is 0 Å². The first-order valence-electron chi connectivity index (χ1n) is 6.43. The standard InChI is InChI=1S/C14H18N4OS.ClH/c1-14(2,10-6-4-3-5-7-10)12-17-18-13(20-12)16-11(19)8-9-15;/h3-7H,8-9,15H2,1-2H3,(H,16,18,19);1H. The molecule has 2 aromatic rings. The lowest BCUT2D eigenvalue weighted by atomic mass is 9.85. The SMILES string of the molecule is CC(C)(c1ccccc1)c1nnc(NC(=O)CCN)s1.Cl. The number of nitrogens with one attached hydrogen (secondary N) is 1. The normalized spacial score (nSPS) is 10.8. The van der Waals surface area contributed by atoms with Gasteiger partial charge in [0.1, 0.15) is 5.01 Å². The predicted molar refractivity (Wildman–Crippen MR) is 88.0 cm³/mol. The molecule has 0 saturated heterocycles. The summed E-state index contributed by atoms with van der Waals surface area (Å²) in [6.07, 6.45) is 0.289. The van der Waals surface area contributed by atoms with Crippen LogP contribution in [-0.4, -0.2) is 22.6 Å². The molecule has 7 heteroatoms. The predicted octanol–water partition coefficient (Wildman–Crippen LogP) is 2.57. The molecular weight excluding hydrogens is 308 g/mol. The maximum Gasteiger partial charge on any atom is 0.227 e. The summed E-state index contributed by atoms with van der Waals surface area (Å²) in [7, 11) is 0. The second-order valence-corrected chi connectivity index (χ2v) is 5.97. The third-order valence-electron chi connectivity index (χ3n) is 3.07. The smallest absolute Gasteiger partial charge is 0.227 e. The largest absolute Gasteiger partial charge is 0.330 e. The Morgan fingerprint density at radius 3 is 2.57 bits per heavy atom. The molecule has 0 atom stereocenters. The molecule has 0 bridgehead atoms. The van der Waals surface area contributed by atoms with Crippen molar-refractivity contribution in [2.75, 3.05) is 11.9 Å².